The van der Waals surface area contributed by atoms with Crippen LogP contribution in [0.4, 0.5) is 0 Å². The predicted molar refractivity (Wildman–Crippen MR) is 84.8 cm³/mol. The monoisotopic (exact) mass is 258 g/mol. The normalized spacial score (nSPS) is 12.0. The molecule has 1 atom stereocenters. The van der Waals surface area contributed by atoms with Crippen molar-refractivity contribution >= 4 is 9.24 Å². The van der Waals surface area contributed by atoms with E-state index in [2.05, 4.69) is 30.0 Å². The van der Waals surface area contributed by atoms with Gasteiger partial charge in [0.1, 0.15) is 0 Å². The highest BCUT2D eigenvalue weighted by Crippen LogP contribution is 2.41. The van der Waals surface area contributed by atoms with Crippen molar-refractivity contribution in [2.75, 3.05) is 6.16 Å². The van der Waals surface area contributed by atoms with E-state index >= 15 is 0 Å². The van der Waals surface area contributed by atoms with Gasteiger partial charge in [0.2, 0.25) is 0 Å². The fourth-order valence-electron chi connectivity index (χ4n) is 2.88. The van der Waals surface area contributed by atoms with Gasteiger partial charge < -0.3 is 0 Å². The first-order valence-corrected chi connectivity index (χ1v) is 8.76. The first-order chi connectivity index (χ1) is 8.24. The van der Waals surface area contributed by atoms with E-state index in [4.69, 9.17) is 0 Å². The second-order valence-electron chi connectivity index (χ2n) is 5.70. The summed E-state index contributed by atoms with van der Waals surface area (Å²) in [6.45, 7) is 7.00. The van der Waals surface area contributed by atoms with E-state index in [-0.39, 0.29) is 0 Å². The summed E-state index contributed by atoms with van der Waals surface area (Å²) in [7, 11) is 2.90. The molecule has 0 N–H and O–H groups in total. The Morgan fingerprint density at radius 2 is 1.00 bits per heavy atom. The Balaban J connectivity index is 4.39. The maximum absolute atomic E-state index is 2.90. The molecule has 0 rings (SSSR count). The summed E-state index contributed by atoms with van der Waals surface area (Å²) in [4.78, 5) is 0. The molecule has 0 nitrogen and oxygen atoms in total. The first kappa shape index (κ1) is 17.4. The minimum absolute atomic E-state index is 0.693. The lowest BCUT2D eigenvalue weighted by molar-refractivity contribution is 0.181. The van der Waals surface area contributed by atoms with Crippen LogP contribution in [0.15, 0.2) is 0 Å². The average molecular weight is 258 g/mol. The zero-order valence-corrected chi connectivity index (χ0v) is 13.7. The Morgan fingerprint density at radius 3 is 1.29 bits per heavy atom. The van der Waals surface area contributed by atoms with Crippen LogP contribution in [0, 0.1) is 5.41 Å². The molecule has 0 aliphatic rings. The molecule has 0 heterocycles. The van der Waals surface area contributed by atoms with E-state index < -0.39 is 0 Å². The highest BCUT2D eigenvalue weighted by Gasteiger charge is 2.27. The molecule has 0 aliphatic carbocycles. The Kier molecular flexibility index (Phi) is 11.8. The smallest absolute Gasteiger partial charge is 0.0297 e. The largest absolute Gasteiger partial charge is 0.138 e. The molecule has 0 aromatic rings. The Hall–Kier alpha value is 0.430. The van der Waals surface area contributed by atoms with Crippen molar-refractivity contribution in [2.24, 2.45) is 5.41 Å². The van der Waals surface area contributed by atoms with Gasteiger partial charge in [0, 0.05) is 0 Å². The van der Waals surface area contributed by atoms with Crippen LogP contribution in [-0.2, 0) is 0 Å². The predicted octanol–water partition coefficient (Wildman–Crippen LogP) is 6.20. The summed E-state index contributed by atoms with van der Waals surface area (Å²) >= 11 is 0. The van der Waals surface area contributed by atoms with Crippen LogP contribution in [0.5, 0.6) is 0 Å². The fourth-order valence-corrected chi connectivity index (χ4v) is 3.09. The van der Waals surface area contributed by atoms with Crippen molar-refractivity contribution in [3.05, 3.63) is 0 Å². The molecule has 0 saturated heterocycles. The molecule has 1 unspecified atom stereocenters. The van der Waals surface area contributed by atoms with Gasteiger partial charge >= 0.3 is 0 Å². The van der Waals surface area contributed by atoms with Crippen LogP contribution < -0.4 is 0 Å². The van der Waals surface area contributed by atoms with Gasteiger partial charge in [-0.3, -0.25) is 0 Å². The zero-order chi connectivity index (χ0) is 13.0. The van der Waals surface area contributed by atoms with E-state index in [0.717, 1.165) is 0 Å². The van der Waals surface area contributed by atoms with Crippen LogP contribution in [0.2, 0.25) is 0 Å². The average Bonchev–Trinajstić information content (AvgIpc) is 2.37. The molecule has 0 aromatic carbocycles. The van der Waals surface area contributed by atoms with Gasteiger partial charge in [-0.25, -0.2) is 0 Å². The molecule has 0 saturated carbocycles. The molecule has 0 amide bonds. The Bertz CT molecular complexity index is 116. The van der Waals surface area contributed by atoms with Crippen LogP contribution in [-0.4, -0.2) is 6.16 Å². The first-order valence-electron chi connectivity index (χ1n) is 7.94. The highest BCUT2D eigenvalue weighted by molar-refractivity contribution is 7.16. The molecule has 104 valence electrons. The maximum Gasteiger partial charge on any atom is -0.0297 e. The lowest BCUT2D eigenvalue weighted by atomic mass is 9.71. The second kappa shape index (κ2) is 11.5. The topological polar surface area (TPSA) is 0 Å². The van der Waals surface area contributed by atoms with E-state index in [1.165, 1.54) is 76.8 Å². The highest BCUT2D eigenvalue weighted by atomic mass is 31.0. The minimum atomic E-state index is 0.693. The Morgan fingerprint density at radius 1 is 0.647 bits per heavy atom. The molecule has 17 heavy (non-hydrogen) atoms. The van der Waals surface area contributed by atoms with Gasteiger partial charge in [-0.1, -0.05) is 59.3 Å². The van der Waals surface area contributed by atoms with Crippen molar-refractivity contribution in [3.63, 3.8) is 0 Å². The standard InChI is InChI=1S/C16H35P/c1-4-7-11-16(12-8-5-2,13-9-6-3)14-10-15-17/h4-15,17H2,1-3H3. The number of unbranched alkanes of at least 4 members (excludes halogenated alkanes) is 3. The third kappa shape index (κ3) is 8.20. The van der Waals surface area contributed by atoms with E-state index in [9.17, 15) is 0 Å². The molecule has 0 bridgehead atoms. The second-order valence-corrected chi connectivity index (χ2v) is 6.28. The summed E-state index contributed by atoms with van der Waals surface area (Å²) in [5.41, 5.74) is 0.693. The van der Waals surface area contributed by atoms with Crippen LogP contribution >= 0.6 is 9.24 Å². The number of hydrogen-bond acceptors (Lipinski definition) is 0. The summed E-state index contributed by atoms with van der Waals surface area (Å²) in [5, 5.41) is 0. The van der Waals surface area contributed by atoms with Crippen LogP contribution in [0.3, 0.4) is 0 Å². The third-order valence-corrected chi connectivity index (χ3v) is 4.50. The quantitative estimate of drug-likeness (QED) is 0.366. The van der Waals surface area contributed by atoms with Gasteiger partial charge in [0.15, 0.2) is 0 Å². The molecule has 0 aliphatic heterocycles. The van der Waals surface area contributed by atoms with Crippen molar-refractivity contribution in [3.8, 4) is 0 Å². The number of rotatable bonds is 12. The lowest BCUT2D eigenvalue weighted by Crippen LogP contribution is -2.21. The minimum Gasteiger partial charge on any atom is -0.138 e. The molecule has 0 radical (unpaired) electrons. The van der Waals surface area contributed by atoms with E-state index in [0.29, 0.717) is 5.41 Å². The summed E-state index contributed by atoms with van der Waals surface area (Å²) in [6, 6.07) is 0. The maximum atomic E-state index is 2.90. The molecule has 0 fully saturated rings. The zero-order valence-electron chi connectivity index (χ0n) is 12.6. The molecular formula is C16H35P. The van der Waals surface area contributed by atoms with Crippen LogP contribution in [0.25, 0.3) is 0 Å². The number of hydrogen-bond donors (Lipinski definition) is 0. The molecular weight excluding hydrogens is 223 g/mol. The van der Waals surface area contributed by atoms with E-state index in [1.807, 2.05) is 0 Å². The van der Waals surface area contributed by atoms with E-state index in [1.54, 1.807) is 0 Å². The SMILES string of the molecule is CCCCC(CCCC)(CCCC)CCCP. The molecule has 1 heteroatoms. The lowest BCUT2D eigenvalue weighted by Gasteiger charge is -2.34. The third-order valence-electron chi connectivity index (χ3n) is 4.09. The van der Waals surface area contributed by atoms with Crippen molar-refractivity contribution in [2.45, 2.75) is 91.4 Å². The fraction of sp³-hybridized carbons (Fsp3) is 1.00. The van der Waals surface area contributed by atoms with Gasteiger partial charge in [-0.05, 0) is 43.7 Å². The summed E-state index contributed by atoms with van der Waals surface area (Å²) in [6.07, 6.45) is 17.0. The Labute approximate surface area is 113 Å². The van der Waals surface area contributed by atoms with Crippen molar-refractivity contribution < 1.29 is 0 Å². The molecule has 0 aromatic heterocycles. The van der Waals surface area contributed by atoms with Gasteiger partial charge in [-0.2, -0.15) is 0 Å². The van der Waals surface area contributed by atoms with Crippen molar-refractivity contribution in [1.29, 1.82) is 0 Å². The van der Waals surface area contributed by atoms with Crippen molar-refractivity contribution in [1.82, 2.24) is 0 Å². The molecule has 0 spiro atoms. The van der Waals surface area contributed by atoms with Gasteiger partial charge in [0.05, 0.1) is 0 Å². The van der Waals surface area contributed by atoms with Gasteiger partial charge in [-0.15, -0.1) is 9.24 Å². The summed E-state index contributed by atoms with van der Waals surface area (Å²) < 4.78 is 0. The van der Waals surface area contributed by atoms with Gasteiger partial charge in [0.25, 0.3) is 0 Å². The summed E-state index contributed by atoms with van der Waals surface area (Å²) in [5.74, 6) is 0. The van der Waals surface area contributed by atoms with Crippen LogP contribution in [0.1, 0.15) is 91.4 Å².